The molecule has 0 bridgehead atoms. The molecule has 2 fully saturated rings. The number of ether oxygens (including phenoxy) is 1. The number of hydrogen-bond donors (Lipinski definition) is 1. The van der Waals surface area contributed by atoms with Gasteiger partial charge in [0.05, 0.1) is 11.0 Å². The smallest absolute Gasteiger partial charge is 0.326 e. The van der Waals surface area contributed by atoms with E-state index >= 15 is 0 Å². The van der Waals surface area contributed by atoms with E-state index in [1.54, 1.807) is 0 Å². The lowest BCUT2D eigenvalue weighted by atomic mass is 10.00. The maximum absolute atomic E-state index is 12.6. The van der Waals surface area contributed by atoms with Crippen molar-refractivity contribution in [3.63, 3.8) is 0 Å². The molecule has 1 amide bonds. The van der Waals surface area contributed by atoms with Gasteiger partial charge in [0.1, 0.15) is 6.10 Å². The summed E-state index contributed by atoms with van der Waals surface area (Å²) in [6.45, 7) is 4.12. The van der Waals surface area contributed by atoms with E-state index in [4.69, 9.17) is 4.74 Å². The highest BCUT2D eigenvalue weighted by Crippen LogP contribution is 2.27. The maximum Gasteiger partial charge on any atom is 0.326 e. The van der Waals surface area contributed by atoms with Crippen LogP contribution in [0.2, 0.25) is 0 Å². The number of imidazole rings is 1. The largest absolute Gasteiger partial charge is 0.368 e. The number of hydrogen-bond acceptors (Lipinski definition) is 3. The Morgan fingerprint density at radius 3 is 2.67 bits per heavy atom. The number of carbonyl (C=O) groups is 1. The first-order chi connectivity index (χ1) is 11.6. The second kappa shape index (κ2) is 6.09. The van der Waals surface area contributed by atoms with Crippen LogP contribution in [0.1, 0.15) is 32.2 Å². The minimum absolute atomic E-state index is 0.0614. The van der Waals surface area contributed by atoms with Crippen LogP contribution in [0, 0.1) is 5.92 Å². The molecule has 0 saturated carbocycles. The molecule has 2 aliphatic heterocycles. The van der Waals surface area contributed by atoms with Crippen LogP contribution in [-0.4, -0.2) is 46.2 Å². The van der Waals surface area contributed by atoms with Gasteiger partial charge in [0.25, 0.3) is 5.91 Å². The number of nitrogens with zero attached hydrogens (tertiary/aromatic N) is 2. The Labute approximate surface area is 140 Å². The number of nitrogens with one attached hydrogen (secondary N) is 1. The Kier molecular flexibility index (Phi) is 3.92. The second-order valence-corrected chi connectivity index (χ2v) is 6.93. The number of aromatic nitrogens is 2. The topological polar surface area (TPSA) is 67.3 Å². The molecule has 128 valence electrons. The summed E-state index contributed by atoms with van der Waals surface area (Å²) in [6.07, 6.45) is 2.28. The van der Waals surface area contributed by atoms with Gasteiger partial charge in [0, 0.05) is 25.7 Å². The van der Waals surface area contributed by atoms with Crippen molar-refractivity contribution < 1.29 is 9.53 Å². The number of para-hydroxylation sites is 2. The number of piperidine rings is 1. The molecule has 2 atom stereocenters. The first-order valence-corrected chi connectivity index (χ1v) is 8.75. The third-order valence-electron chi connectivity index (χ3n) is 5.40. The van der Waals surface area contributed by atoms with E-state index in [-0.39, 0.29) is 23.7 Å². The number of aromatic amines is 1. The number of carbonyl (C=O) groups excluding carboxylic acids is 1. The molecule has 1 aromatic heterocycles. The predicted molar refractivity (Wildman–Crippen MR) is 90.9 cm³/mol. The number of likely N-dealkylation sites (tertiary alicyclic amines) is 1. The van der Waals surface area contributed by atoms with Crippen LogP contribution in [0.3, 0.4) is 0 Å². The Morgan fingerprint density at radius 2 is 1.96 bits per heavy atom. The van der Waals surface area contributed by atoms with Gasteiger partial charge in [0.15, 0.2) is 0 Å². The van der Waals surface area contributed by atoms with Gasteiger partial charge in [-0.2, -0.15) is 0 Å². The van der Waals surface area contributed by atoms with Crippen molar-refractivity contribution >= 4 is 16.9 Å². The third-order valence-corrected chi connectivity index (χ3v) is 5.40. The van der Waals surface area contributed by atoms with Gasteiger partial charge >= 0.3 is 5.69 Å². The normalized spacial score (nSPS) is 25.5. The van der Waals surface area contributed by atoms with Crippen LogP contribution in [0.4, 0.5) is 0 Å². The molecular weight excluding hydrogens is 306 g/mol. The number of amides is 1. The average molecular weight is 329 g/mol. The highest BCUT2D eigenvalue weighted by atomic mass is 16.5. The lowest BCUT2D eigenvalue weighted by Crippen LogP contribution is -2.46. The molecule has 0 unspecified atom stereocenters. The van der Waals surface area contributed by atoms with E-state index < -0.39 is 0 Å². The Hall–Kier alpha value is -2.08. The standard InChI is InChI=1S/C18H23N3O3/c1-12-8-11-24-16(12)17(22)20-9-6-13(7-10-20)21-15-5-3-2-4-14(15)19-18(21)23/h2-5,12-13,16H,6-11H2,1H3,(H,19,23)/t12-,16+/m1/s1. The van der Waals surface area contributed by atoms with Crippen LogP contribution < -0.4 is 5.69 Å². The lowest BCUT2D eigenvalue weighted by molar-refractivity contribution is -0.143. The molecule has 1 aromatic carbocycles. The van der Waals surface area contributed by atoms with Crippen LogP contribution in [0.25, 0.3) is 11.0 Å². The van der Waals surface area contributed by atoms with Crippen molar-refractivity contribution in [3.05, 3.63) is 34.7 Å². The summed E-state index contributed by atoms with van der Waals surface area (Å²) >= 11 is 0. The zero-order valence-corrected chi connectivity index (χ0v) is 13.9. The number of fused-ring (bicyclic) bond motifs is 1. The summed E-state index contributed by atoms with van der Waals surface area (Å²) in [5, 5.41) is 0. The van der Waals surface area contributed by atoms with Gasteiger partial charge in [0.2, 0.25) is 0 Å². The Bertz CT molecular complexity index is 801. The zero-order chi connectivity index (χ0) is 16.7. The quantitative estimate of drug-likeness (QED) is 0.915. The van der Waals surface area contributed by atoms with Gasteiger partial charge in [-0.3, -0.25) is 9.36 Å². The van der Waals surface area contributed by atoms with Crippen LogP contribution in [0.15, 0.2) is 29.1 Å². The summed E-state index contributed by atoms with van der Waals surface area (Å²) in [5.41, 5.74) is 1.75. The van der Waals surface area contributed by atoms with Crippen molar-refractivity contribution in [1.29, 1.82) is 0 Å². The van der Waals surface area contributed by atoms with Crippen LogP contribution >= 0.6 is 0 Å². The minimum Gasteiger partial charge on any atom is -0.368 e. The molecule has 0 aliphatic carbocycles. The molecule has 0 radical (unpaired) electrons. The Morgan fingerprint density at radius 1 is 1.21 bits per heavy atom. The number of H-pyrrole nitrogens is 1. The maximum atomic E-state index is 12.6. The van der Waals surface area contributed by atoms with Gasteiger partial charge in [-0.05, 0) is 37.3 Å². The highest BCUT2D eigenvalue weighted by Gasteiger charge is 2.35. The molecule has 4 rings (SSSR count). The van der Waals surface area contributed by atoms with Crippen molar-refractivity contribution in [2.24, 2.45) is 5.92 Å². The van der Waals surface area contributed by atoms with Crippen molar-refractivity contribution in [2.75, 3.05) is 19.7 Å². The first kappa shape index (κ1) is 15.4. The summed E-state index contributed by atoms with van der Waals surface area (Å²) < 4.78 is 7.46. The van der Waals surface area contributed by atoms with E-state index in [9.17, 15) is 9.59 Å². The minimum atomic E-state index is -0.280. The lowest BCUT2D eigenvalue weighted by Gasteiger charge is -2.34. The Balaban J connectivity index is 1.49. The molecule has 3 heterocycles. The van der Waals surface area contributed by atoms with Gasteiger partial charge < -0.3 is 14.6 Å². The molecule has 0 spiro atoms. The molecule has 2 aromatic rings. The second-order valence-electron chi connectivity index (χ2n) is 6.93. The SMILES string of the molecule is C[C@@H]1CCO[C@@H]1C(=O)N1CCC(n2c(=O)[nH]c3ccccc32)CC1. The van der Waals surface area contributed by atoms with E-state index in [2.05, 4.69) is 11.9 Å². The highest BCUT2D eigenvalue weighted by molar-refractivity contribution is 5.81. The zero-order valence-electron chi connectivity index (χ0n) is 13.9. The van der Waals surface area contributed by atoms with E-state index in [1.807, 2.05) is 33.7 Å². The monoisotopic (exact) mass is 329 g/mol. The molecule has 6 heteroatoms. The average Bonchev–Trinajstić information content (AvgIpc) is 3.16. The van der Waals surface area contributed by atoms with Gasteiger partial charge in [-0.1, -0.05) is 19.1 Å². The number of rotatable bonds is 2. The molecule has 1 N–H and O–H groups in total. The van der Waals surface area contributed by atoms with Gasteiger partial charge in [-0.15, -0.1) is 0 Å². The summed E-state index contributed by atoms with van der Waals surface area (Å²) in [7, 11) is 0. The summed E-state index contributed by atoms with van der Waals surface area (Å²) in [4.78, 5) is 29.7. The number of benzene rings is 1. The fourth-order valence-electron chi connectivity index (χ4n) is 3.97. The van der Waals surface area contributed by atoms with E-state index in [1.165, 1.54) is 0 Å². The fraction of sp³-hybridized carbons (Fsp3) is 0.556. The predicted octanol–water partition coefficient (Wildman–Crippen LogP) is 1.92. The van der Waals surface area contributed by atoms with E-state index in [0.717, 1.165) is 30.3 Å². The van der Waals surface area contributed by atoms with Crippen molar-refractivity contribution in [2.45, 2.75) is 38.3 Å². The first-order valence-electron chi connectivity index (χ1n) is 8.75. The van der Waals surface area contributed by atoms with Crippen molar-refractivity contribution in [3.8, 4) is 0 Å². The molecular formula is C18H23N3O3. The van der Waals surface area contributed by atoms with Crippen LogP contribution in [0.5, 0.6) is 0 Å². The molecule has 2 saturated heterocycles. The molecule has 6 nitrogen and oxygen atoms in total. The van der Waals surface area contributed by atoms with E-state index in [0.29, 0.717) is 25.6 Å². The van der Waals surface area contributed by atoms with Crippen molar-refractivity contribution in [1.82, 2.24) is 14.5 Å². The fourth-order valence-corrected chi connectivity index (χ4v) is 3.97. The third kappa shape index (κ3) is 2.55. The summed E-state index contributed by atoms with van der Waals surface area (Å²) in [5.74, 6) is 0.413. The van der Waals surface area contributed by atoms with Gasteiger partial charge in [-0.25, -0.2) is 4.79 Å². The summed E-state index contributed by atoms with van der Waals surface area (Å²) in [6, 6.07) is 7.90. The molecule has 24 heavy (non-hydrogen) atoms. The van der Waals surface area contributed by atoms with Crippen LogP contribution in [-0.2, 0) is 9.53 Å². The molecule has 2 aliphatic rings.